The summed E-state index contributed by atoms with van der Waals surface area (Å²) in [7, 11) is 0. The van der Waals surface area contributed by atoms with Crippen molar-refractivity contribution in [1.29, 1.82) is 0 Å². The Bertz CT molecular complexity index is 346. The molecule has 0 aromatic carbocycles. The van der Waals surface area contributed by atoms with E-state index in [0.29, 0.717) is 12.8 Å². The molecular weight excluding hydrogens is 250 g/mol. The molecule has 1 aliphatic rings. The van der Waals surface area contributed by atoms with Crippen LogP contribution in [0.4, 0.5) is 0 Å². The van der Waals surface area contributed by atoms with Crippen LogP contribution < -0.4 is 0 Å². The molecule has 1 N–H and O–H groups in total. The summed E-state index contributed by atoms with van der Waals surface area (Å²) in [6.07, 6.45) is 0.216. The minimum Gasteiger partial charge on any atom is -0.481 e. The molecule has 1 heterocycles. The normalized spacial score (nSPS) is 23.0. The van der Waals surface area contributed by atoms with Gasteiger partial charge in [0.2, 0.25) is 0 Å². The molecule has 1 fully saturated rings. The van der Waals surface area contributed by atoms with Gasteiger partial charge in [0, 0.05) is 23.9 Å². The van der Waals surface area contributed by atoms with Crippen molar-refractivity contribution in [3.05, 3.63) is 0 Å². The first-order valence-corrected chi connectivity index (χ1v) is 6.43. The Labute approximate surface area is 113 Å². The quantitative estimate of drug-likeness (QED) is 0.788. The second-order valence-corrected chi connectivity index (χ2v) is 6.33. The molecule has 0 spiro atoms. The highest BCUT2D eigenvalue weighted by atomic mass is 16.5. The van der Waals surface area contributed by atoms with Gasteiger partial charge in [-0.25, -0.2) is 0 Å². The number of hydrogen-bond donors (Lipinski definition) is 1. The molecule has 1 saturated heterocycles. The largest absolute Gasteiger partial charge is 0.481 e. The number of carbonyl (C=O) groups is 2. The van der Waals surface area contributed by atoms with E-state index in [2.05, 4.69) is 0 Å². The van der Waals surface area contributed by atoms with Gasteiger partial charge in [-0.05, 0) is 27.7 Å². The fourth-order valence-corrected chi connectivity index (χ4v) is 2.71. The van der Waals surface area contributed by atoms with E-state index in [1.807, 2.05) is 27.7 Å². The molecule has 0 amide bonds. The van der Waals surface area contributed by atoms with Gasteiger partial charge >= 0.3 is 11.9 Å². The Balaban J connectivity index is 2.60. The average molecular weight is 272 g/mol. The number of hydroxylamine groups is 2. The number of hydrogen-bond acceptors (Lipinski definition) is 4. The highest BCUT2D eigenvalue weighted by Crippen LogP contribution is 2.38. The predicted molar refractivity (Wildman–Crippen MR) is 66.7 cm³/mol. The van der Waals surface area contributed by atoms with Crippen molar-refractivity contribution in [2.45, 2.75) is 70.6 Å². The number of ether oxygens (including phenoxy) is 1. The molecular formula is C13H22NO5. The molecule has 19 heavy (non-hydrogen) atoms. The van der Waals surface area contributed by atoms with Gasteiger partial charge < -0.3 is 9.84 Å². The molecule has 0 aromatic heterocycles. The SMILES string of the molecule is CC1(C)CC(OC(=O)CCC(=O)O)CC(C)(C)N1[O]. The lowest BCUT2D eigenvalue weighted by molar-refractivity contribution is -0.299. The van der Waals surface area contributed by atoms with E-state index >= 15 is 0 Å². The van der Waals surface area contributed by atoms with E-state index in [4.69, 9.17) is 9.84 Å². The Hall–Kier alpha value is -1.14. The minimum absolute atomic E-state index is 0.131. The standard InChI is InChI=1S/C13H22NO5/c1-12(2)7-9(8-13(3,4)14(12)18)19-11(17)6-5-10(15)16/h9H,5-8H2,1-4H3,(H,15,16). The zero-order valence-electron chi connectivity index (χ0n) is 11.9. The first kappa shape index (κ1) is 15.9. The number of esters is 1. The van der Waals surface area contributed by atoms with Crippen LogP contribution in [0.15, 0.2) is 0 Å². The van der Waals surface area contributed by atoms with Gasteiger partial charge in [-0.1, -0.05) is 0 Å². The Morgan fingerprint density at radius 3 is 2.05 bits per heavy atom. The third-order valence-electron chi connectivity index (χ3n) is 3.40. The van der Waals surface area contributed by atoms with Crippen LogP contribution >= 0.6 is 0 Å². The third-order valence-corrected chi connectivity index (χ3v) is 3.40. The number of carbonyl (C=O) groups excluding carboxylic acids is 1. The maximum absolute atomic E-state index is 12.1. The molecule has 6 nitrogen and oxygen atoms in total. The van der Waals surface area contributed by atoms with E-state index in [-0.39, 0.29) is 18.9 Å². The summed E-state index contributed by atoms with van der Waals surface area (Å²) in [6, 6.07) is 0. The fraction of sp³-hybridized carbons (Fsp3) is 0.846. The van der Waals surface area contributed by atoms with Gasteiger partial charge in [0.15, 0.2) is 0 Å². The summed E-state index contributed by atoms with van der Waals surface area (Å²) in [5, 5.41) is 21.7. The highest BCUT2D eigenvalue weighted by Gasteiger charge is 2.47. The zero-order chi connectivity index (χ0) is 14.8. The number of piperidine rings is 1. The van der Waals surface area contributed by atoms with Crippen molar-refractivity contribution < 1.29 is 24.6 Å². The number of nitrogens with zero attached hydrogens (tertiary/aromatic N) is 1. The average Bonchev–Trinajstić information content (AvgIpc) is 2.22. The molecule has 1 radical (unpaired) electrons. The monoisotopic (exact) mass is 272 g/mol. The number of carboxylic acids is 1. The number of aliphatic carboxylic acids is 1. The van der Waals surface area contributed by atoms with Crippen LogP contribution in [0.2, 0.25) is 0 Å². The van der Waals surface area contributed by atoms with E-state index in [1.54, 1.807) is 0 Å². The summed E-state index contributed by atoms with van der Waals surface area (Å²) in [4.78, 5) is 21.9. The molecule has 0 aromatic rings. The van der Waals surface area contributed by atoms with Gasteiger partial charge in [0.25, 0.3) is 0 Å². The summed E-state index contributed by atoms with van der Waals surface area (Å²) in [5.74, 6) is -1.54. The molecule has 0 bridgehead atoms. The van der Waals surface area contributed by atoms with E-state index in [0.717, 1.165) is 5.06 Å². The van der Waals surface area contributed by atoms with Gasteiger partial charge in [0.05, 0.1) is 12.8 Å². The van der Waals surface area contributed by atoms with Gasteiger partial charge in [0.1, 0.15) is 6.10 Å². The number of rotatable bonds is 4. The molecule has 1 rings (SSSR count). The van der Waals surface area contributed by atoms with E-state index < -0.39 is 23.0 Å². The van der Waals surface area contributed by atoms with Crippen LogP contribution in [0.25, 0.3) is 0 Å². The van der Waals surface area contributed by atoms with Crippen LogP contribution in [0, 0.1) is 0 Å². The van der Waals surface area contributed by atoms with Gasteiger partial charge in [-0.2, -0.15) is 0 Å². The molecule has 0 aliphatic carbocycles. The smallest absolute Gasteiger partial charge is 0.306 e. The summed E-state index contributed by atoms with van der Waals surface area (Å²) in [6.45, 7) is 7.27. The predicted octanol–water partition coefficient (Wildman–Crippen LogP) is 1.76. The molecule has 109 valence electrons. The van der Waals surface area contributed by atoms with Crippen molar-refractivity contribution >= 4 is 11.9 Å². The van der Waals surface area contributed by atoms with Crippen LogP contribution in [-0.4, -0.2) is 39.3 Å². The molecule has 0 saturated carbocycles. The number of carboxylic acid groups (broad SMARTS) is 1. The lowest BCUT2D eigenvalue weighted by Crippen LogP contribution is -2.60. The van der Waals surface area contributed by atoms with Crippen LogP contribution in [0.1, 0.15) is 53.4 Å². The van der Waals surface area contributed by atoms with Crippen molar-refractivity contribution in [2.75, 3.05) is 0 Å². The molecule has 1 aliphatic heterocycles. The highest BCUT2D eigenvalue weighted by molar-refractivity contribution is 5.76. The van der Waals surface area contributed by atoms with Crippen LogP contribution in [-0.2, 0) is 19.5 Å². The Morgan fingerprint density at radius 2 is 1.63 bits per heavy atom. The van der Waals surface area contributed by atoms with E-state index in [1.165, 1.54) is 0 Å². The van der Waals surface area contributed by atoms with Crippen molar-refractivity contribution in [2.24, 2.45) is 0 Å². The van der Waals surface area contributed by atoms with Crippen molar-refractivity contribution in [3.63, 3.8) is 0 Å². The van der Waals surface area contributed by atoms with Crippen molar-refractivity contribution in [3.8, 4) is 0 Å². The lowest BCUT2D eigenvalue weighted by atomic mass is 9.80. The molecule has 6 heteroatoms. The third kappa shape index (κ3) is 4.18. The minimum atomic E-state index is -1.02. The second-order valence-electron chi connectivity index (χ2n) is 6.33. The van der Waals surface area contributed by atoms with E-state index in [9.17, 15) is 14.8 Å². The maximum Gasteiger partial charge on any atom is 0.306 e. The Morgan fingerprint density at radius 1 is 1.16 bits per heavy atom. The molecule has 0 unspecified atom stereocenters. The summed E-state index contributed by atoms with van der Waals surface area (Å²) < 4.78 is 5.29. The fourth-order valence-electron chi connectivity index (χ4n) is 2.71. The molecule has 0 atom stereocenters. The Kier molecular flexibility index (Phi) is 4.58. The summed E-state index contributed by atoms with van der Waals surface area (Å²) >= 11 is 0. The van der Waals surface area contributed by atoms with Gasteiger partial charge in [-0.3, -0.25) is 9.59 Å². The zero-order valence-corrected chi connectivity index (χ0v) is 11.9. The first-order chi connectivity index (χ1) is 8.54. The summed E-state index contributed by atoms with van der Waals surface area (Å²) in [5.41, 5.74) is -1.20. The van der Waals surface area contributed by atoms with Crippen molar-refractivity contribution in [1.82, 2.24) is 5.06 Å². The first-order valence-electron chi connectivity index (χ1n) is 6.43. The van der Waals surface area contributed by atoms with Gasteiger partial charge in [-0.15, -0.1) is 10.3 Å². The van der Waals surface area contributed by atoms with Crippen LogP contribution in [0.3, 0.4) is 0 Å². The lowest BCUT2D eigenvalue weighted by Gasteiger charge is -2.49. The topological polar surface area (TPSA) is 86.7 Å². The maximum atomic E-state index is 12.1. The van der Waals surface area contributed by atoms with Crippen LogP contribution in [0.5, 0.6) is 0 Å². The second kappa shape index (κ2) is 5.46.